The maximum absolute atomic E-state index is 6.40. The summed E-state index contributed by atoms with van der Waals surface area (Å²) in [6, 6.07) is 27.3. The molecular formula is C22H21OSi. The number of hydrogen-bond donors (Lipinski definition) is 0. The Morgan fingerprint density at radius 2 is 1.17 bits per heavy atom. The summed E-state index contributed by atoms with van der Waals surface area (Å²) in [5.74, 6) is 0.727. The molecule has 0 spiro atoms. The van der Waals surface area contributed by atoms with Gasteiger partial charge in [0, 0.05) is 5.56 Å². The van der Waals surface area contributed by atoms with E-state index < -0.39 is 9.04 Å². The minimum absolute atomic E-state index is 0.727. The second kappa shape index (κ2) is 7.32. The lowest BCUT2D eigenvalue weighted by Gasteiger charge is -2.19. The van der Waals surface area contributed by atoms with Gasteiger partial charge in [-0.1, -0.05) is 96.6 Å². The SMILES string of the molecule is C=C(O[Si](c1ccc(C)cc1)c1ccc(C)cc1)c1ccccc1. The zero-order chi connectivity index (χ0) is 16.9. The average Bonchev–Trinajstić information content (AvgIpc) is 2.62. The Morgan fingerprint density at radius 1 is 0.708 bits per heavy atom. The van der Waals surface area contributed by atoms with E-state index in [4.69, 9.17) is 4.43 Å². The van der Waals surface area contributed by atoms with Gasteiger partial charge in [-0.15, -0.1) is 0 Å². The summed E-state index contributed by atoms with van der Waals surface area (Å²) in [6.07, 6.45) is 0. The number of hydrogen-bond acceptors (Lipinski definition) is 1. The zero-order valence-corrected chi connectivity index (χ0v) is 15.1. The molecular weight excluding hydrogens is 308 g/mol. The third-order valence-electron chi connectivity index (χ3n) is 3.95. The Morgan fingerprint density at radius 3 is 1.62 bits per heavy atom. The van der Waals surface area contributed by atoms with Crippen molar-refractivity contribution in [1.82, 2.24) is 0 Å². The molecule has 24 heavy (non-hydrogen) atoms. The summed E-state index contributed by atoms with van der Waals surface area (Å²) in [7, 11) is -1.38. The molecule has 0 aliphatic carbocycles. The number of rotatable bonds is 5. The van der Waals surface area contributed by atoms with Gasteiger partial charge in [-0.3, -0.25) is 0 Å². The summed E-state index contributed by atoms with van der Waals surface area (Å²) < 4.78 is 6.40. The summed E-state index contributed by atoms with van der Waals surface area (Å²) in [4.78, 5) is 0. The molecule has 119 valence electrons. The fourth-order valence-electron chi connectivity index (χ4n) is 2.50. The van der Waals surface area contributed by atoms with Crippen molar-refractivity contribution in [2.45, 2.75) is 13.8 Å². The second-order valence-corrected chi connectivity index (χ2v) is 7.97. The Bertz CT molecular complexity index is 759. The smallest absolute Gasteiger partial charge is 0.352 e. The highest BCUT2D eigenvalue weighted by molar-refractivity contribution is 6.80. The molecule has 0 bridgehead atoms. The summed E-state index contributed by atoms with van der Waals surface area (Å²) >= 11 is 0. The molecule has 0 fully saturated rings. The molecule has 3 aromatic carbocycles. The standard InChI is InChI=1S/C22H21OSi/c1-17-9-13-21(14-10-17)24(22-15-11-18(2)12-16-22)23-19(3)20-7-5-4-6-8-20/h4-16H,3H2,1-2H3. The molecule has 2 heteroatoms. The van der Waals surface area contributed by atoms with Crippen LogP contribution in [0.3, 0.4) is 0 Å². The molecule has 0 aliphatic heterocycles. The van der Waals surface area contributed by atoms with E-state index >= 15 is 0 Å². The van der Waals surface area contributed by atoms with Crippen molar-refractivity contribution < 1.29 is 4.43 Å². The average molecular weight is 329 g/mol. The zero-order valence-electron chi connectivity index (χ0n) is 14.1. The van der Waals surface area contributed by atoms with Crippen molar-refractivity contribution in [1.29, 1.82) is 0 Å². The van der Waals surface area contributed by atoms with Crippen molar-refractivity contribution in [2.24, 2.45) is 0 Å². The van der Waals surface area contributed by atoms with Crippen molar-refractivity contribution in [3.05, 3.63) is 102 Å². The summed E-state index contributed by atoms with van der Waals surface area (Å²) in [5.41, 5.74) is 3.54. The first-order chi connectivity index (χ1) is 11.6. The molecule has 3 aromatic rings. The molecule has 0 saturated carbocycles. The fraction of sp³-hybridized carbons (Fsp3) is 0.0909. The molecule has 3 rings (SSSR count). The fourth-order valence-corrected chi connectivity index (χ4v) is 4.37. The van der Waals surface area contributed by atoms with Crippen LogP contribution in [0.2, 0.25) is 0 Å². The first-order valence-electron chi connectivity index (χ1n) is 8.07. The predicted octanol–water partition coefficient (Wildman–Crippen LogP) is 4.10. The Kier molecular flexibility index (Phi) is 4.97. The number of benzene rings is 3. The van der Waals surface area contributed by atoms with E-state index in [1.807, 2.05) is 30.3 Å². The maximum atomic E-state index is 6.40. The van der Waals surface area contributed by atoms with Crippen LogP contribution in [0.4, 0.5) is 0 Å². The van der Waals surface area contributed by atoms with Gasteiger partial charge in [0.05, 0.1) is 0 Å². The van der Waals surface area contributed by atoms with E-state index in [1.54, 1.807) is 0 Å². The van der Waals surface area contributed by atoms with Crippen LogP contribution in [-0.2, 0) is 4.43 Å². The van der Waals surface area contributed by atoms with Gasteiger partial charge in [0.1, 0.15) is 5.76 Å². The van der Waals surface area contributed by atoms with Gasteiger partial charge in [0.25, 0.3) is 0 Å². The summed E-state index contributed by atoms with van der Waals surface area (Å²) in [6.45, 7) is 8.36. The van der Waals surface area contributed by atoms with Crippen molar-refractivity contribution in [3.63, 3.8) is 0 Å². The molecule has 1 radical (unpaired) electrons. The second-order valence-electron chi connectivity index (χ2n) is 5.95. The lowest BCUT2D eigenvalue weighted by atomic mass is 10.2. The molecule has 0 aliphatic rings. The lowest BCUT2D eigenvalue weighted by Crippen LogP contribution is -2.44. The third kappa shape index (κ3) is 3.84. The van der Waals surface area contributed by atoms with Gasteiger partial charge < -0.3 is 4.43 Å². The Hall–Kier alpha value is -2.58. The highest BCUT2D eigenvalue weighted by Crippen LogP contribution is 2.14. The van der Waals surface area contributed by atoms with Gasteiger partial charge in [-0.25, -0.2) is 0 Å². The molecule has 1 nitrogen and oxygen atoms in total. The Labute approximate surface area is 146 Å². The largest absolute Gasteiger partial charge is 0.533 e. The maximum Gasteiger partial charge on any atom is 0.352 e. The van der Waals surface area contributed by atoms with Crippen LogP contribution in [0.1, 0.15) is 16.7 Å². The molecule has 0 unspecified atom stereocenters. The van der Waals surface area contributed by atoms with Gasteiger partial charge in [-0.2, -0.15) is 0 Å². The molecule has 0 amide bonds. The van der Waals surface area contributed by atoms with E-state index in [9.17, 15) is 0 Å². The molecule has 0 saturated heterocycles. The summed E-state index contributed by atoms with van der Waals surface area (Å²) in [5, 5.41) is 2.46. The van der Waals surface area contributed by atoms with Crippen LogP contribution in [-0.4, -0.2) is 9.04 Å². The minimum Gasteiger partial charge on any atom is -0.533 e. The first kappa shape index (κ1) is 16.3. The van der Waals surface area contributed by atoms with Gasteiger partial charge >= 0.3 is 9.04 Å². The van der Waals surface area contributed by atoms with Gasteiger partial charge in [0.2, 0.25) is 0 Å². The molecule has 0 N–H and O–H groups in total. The molecule has 0 atom stereocenters. The minimum atomic E-state index is -1.38. The molecule has 0 heterocycles. The van der Waals surface area contributed by atoms with E-state index in [0.29, 0.717) is 0 Å². The van der Waals surface area contributed by atoms with E-state index in [2.05, 4.69) is 69.0 Å². The van der Waals surface area contributed by atoms with E-state index in [-0.39, 0.29) is 0 Å². The van der Waals surface area contributed by atoms with Crippen LogP contribution >= 0.6 is 0 Å². The lowest BCUT2D eigenvalue weighted by molar-refractivity contribution is 0.550. The van der Waals surface area contributed by atoms with Crippen LogP contribution < -0.4 is 10.4 Å². The van der Waals surface area contributed by atoms with E-state index in [1.165, 1.54) is 21.5 Å². The van der Waals surface area contributed by atoms with Crippen molar-refractivity contribution in [2.75, 3.05) is 0 Å². The third-order valence-corrected chi connectivity index (χ3v) is 6.11. The highest BCUT2D eigenvalue weighted by Gasteiger charge is 2.22. The van der Waals surface area contributed by atoms with Crippen LogP contribution in [0.25, 0.3) is 5.76 Å². The number of aryl methyl sites for hydroxylation is 2. The highest BCUT2D eigenvalue weighted by atomic mass is 28.3. The predicted molar refractivity (Wildman–Crippen MR) is 104 cm³/mol. The topological polar surface area (TPSA) is 9.23 Å². The quantitative estimate of drug-likeness (QED) is 0.506. The van der Waals surface area contributed by atoms with Crippen LogP contribution in [0.5, 0.6) is 0 Å². The van der Waals surface area contributed by atoms with Gasteiger partial charge in [0.15, 0.2) is 0 Å². The van der Waals surface area contributed by atoms with Crippen molar-refractivity contribution in [3.8, 4) is 0 Å². The van der Waals surface area contributed by atoms with Crippen LogP contribution in [0, 0.1) is 13.8 Å². The van der Waals surface area contributed by atoms with Crippen molar-refractivity contribution >= 4 is 25.2 Å². The van der Waals surface area contributed by atoms with E-state index in [0.717, 1.165) is 11.3 Å². The Balaban J connectivity index is 1.94. The van der Waals surface area contributed by atoms with Crippen LogP contribution in [0.15, 0.2) is 85.4 Å². The normalized spacial score (nSPS) is 10.6. The monoisotopic (exact) mass is 329 g/mol. The van der Waals surface area contributed by atoms with Gasteiger partial charge in [-0.05, 0) is 24.2 Å². The first-order valence-corrected chi connectivity index (χ1v) is 9.47. The molecule has 0 aromatic heterocycles.